The lowest BCUT2D eigenvalue weighted by Crippen LogP contribution is -2.50. The van der Waals surface area contributed by atoms with E-state index in [1.807, 2.05) is 42.7 Å². The molecule has 2 fully saturated rings. The van der Waals surface area contributed by atoms with Crippen LogP contribution in [0.3, 0.4) is 0 Å². The maximum absolute atomic E-state index is 13.1. The molecule has 3 heterocycles. The van der Waals surface area contributed by atoms with Gasteiger partial charge in [0, 0.05) is 37.7 Å². The smallest absolute Gasteiger partial charge is 0.410 e. The minimum Gasteiger partial charge on any atom is -0.444 e. The zero-order valence-electron chi connectivity index (χ0n) is 19.1. The van der Waals surface area contributed by atoms with Gasteiger partial charge in [0.25, 0.3) is 0 Å². The predicted molar refractivity (Wildman–Crippen MR) is 120 cm³/mol. The van der Waals surface area contributed by atoms with Crippen LogP contribution < -0.4 is 0 Å². The van der Waals surface area contributed by atoms with Gasteiger partial charge in [0.15, 0.2) is 0 Å². The number of rotatable bonds is 1. The molecule has 0 radical (unpaired) electrons. The highest BCUT2D eigenvalue weighted by Crippen LogP contribution is 2.35. The van der Waals surface area contributed by atoms with Crippen molar-refractivity contribution in [1.82, 2.24) is 14.7 Å². The Morgan fingerprint density at radius 1 is 1.03 bits per heavy atom. The summed E-state index contributed by atoms with van der Waals surface area (Å²) < 4.78 is 16.8. The molecule has 1 aromatic carbocycles. The number of ether oxygens (including phenoxy) is 3. The highest BCUT2D eigenvalue weighted by Gasteiger charge is 2.36. The Hall–Kier alpha value is -2.03. The van der Waals surface area contributed by atoms with E-state index in [4.69, 9.17) is 25.8 Å². The Bertz CT molecular complexity index is 866. The number of benzene rings is 1. The molecule has 0 spiro atoms. The van der Waals surface area contributed by atoms with Gasteiger partial charge in [0.05, 0.1) is 32.5 Å². The SMILES string of the molecule is CC(C)(C)OC(=O)N1CCOC[C@H]1c1cc(Cl)cc2c1CN(C(=O)N1CCOCC1)CC2. The van der Waals surface area contributed by atoms with Crippen LogP contribution in [0.25, 0.3) is 0 Å². The fourth-order valence-corrected chi connectivity index (χ4v) is 4.72. The zero-order chi connectivity index (χ0) is 22.9. The molecule has 3 amide bonds. The Kier molecular flexibility index (Phi) is 6.83. The number of nitrogens with zero attached hydrogens (tertiary/aromatic N) is 3. The second-order valence-corrected chi connectivity index (χ2v) is 9.89. The zero-order valence-corrected chi connectivity index (χ0v) is 19.8. The molecule has 8 nitrogen and oxygen atoms in total. The summed E-state index contributed by atoms with van der Waals surface area (Å²) in [5, 5.41) is 0.626. The minimum absolute atomic E-state index is 0.0312. The quantitative estimate of drug-likeness (QED) is 0.635. The summed E-state index contributed by atoms with van der Waals surface area (Å²) in [7, 11) is 0. The standard InChI is InChI=1S/C23H32ClN3O5/c1-23(2,3)32-22(29)27-8-11-31-15-20(27)18-13-17(24)12-16-4-5-26(14-19(16)18)21(28)25-6-9-30-10-7-25/h12-13,20H,4-11,14-15H2,1-3H3/t20-/m0/s1. The Morgan fingerprint density at radius 2 is 1.75 bits per heavy atom. The molecular weight excluding hydrogens is 434 g/mol. The van der Waals surface area contributed by atoms with Gasteiger partial charge in [-0.05, 0) is 56.0 Å². The Balaban J connectivity index is 1.61. The first kappa shape index (κ1) is 23.1. The van der Waals surface area contributed by atoms with E-state index in [1.165, 1.54) is 0 Å². The maximum Gasteiger partial charge on any atom is 0.410 e. The number of carbonyl (C=O) groups is 2. The summed E-state index contributed by atoms with van der Waals surface area (Å²) in [4.78, 5) is 31.5. The normalized spacial score (nSPS) is 21.9. The number of morpholine rings is 2. The third kappa shape index (κ3) is 5.13. The monoisotopic (exact) mass is 465 g/mol. The highest BCUT2D eigenvalue weighted by molar-refractivity contribution is 6.30. The van der Waals surface area contributed by atoms with E-state index in [-0.39, 0.29) is 18.2 Å². The number of hydrogen-bond acceptors (Lipinski definition) is 5. The van der Waals surface area contributed by atoms with Crippen LogP contribution in [0.15, 0.2) is 12.1 Å². The summed E-state index contributed by atoms with van der Waals surface area (Å²) in [6.45, 7) is 10.3. The van der Waals surface area contributed by atoms with Crippen molar-refractivity contribution >= 4 is 23.7 Å². The topological polar surface area (TPSA) is 71.5 Å². The summed E-state index contributed by atoms with van der Waals surface area (Å²) in [5.74, 6) is 0. The molecule has 0 saturated carbocycles. The molecule has 0 aliphatic carbocycles. The summed E-state index contributed by atoms with van der Waals surface area (Å²) in [6, 6.07) is 3.59. The first-order valence-electron chi connectivity index (χ1n) is 11.2. The molecule has 32 heavy (non-hydrogen) atoms. The average molecular weight is 466 g/mol. The van der Waals surface area contributed by atoms with Crippen LogP contribution in [-0.2, 0) is 27.2 Å². The largest absolute Gasteiger partial charge is 0.444 e. The van der Waals surface area contributed by atoms with E-state index < -0.39 is 5.60 Å². The van der Waals surface area contributed by atoms with E-state index in [0.29, 0.717) is 64.2 Å². The van der Waals surface area contributed by atoms with Gasteiger partial charge in [-0.15, -0.1) is 0 Å². The molecular formula is C23H32ClN3O5. The minimum atomic E-state index is -0.588. The van der Waals surface area contributed by atoms with Crippen molar-refractivity contribution in [1.29, 1.82) is 0 Å². The van der Waals surface area contributed by atoms with E-state index in [1.54, 1.807) is 4.90 Å². The van der Waals surface area contributed by atoms with Gasteiger partial charge in [-0.1, -0.05) is 11.6 Å². The number of urea groups is 1. The second kappa shape index (κ2) is 9.45. The number of hydrogen-bond donors (Lipinski definition) is 0. The average Bonchev–Trinajstić information content (AvgIpc) is 2.77. The van der Waals surface area contributed by atoms with Crippen LogP contribution in [-0.4, -0.2) is 85.0 Å². The fourth-order valence-electron chi connectivity index (χ4n) is 4.47. The molecule has 9 heteroatoms. The van der Waals surface area contributed by atoms with Crippen LogP contribution in [0.1, 0.15) is 43.5 Å². The summed E-state index contributed by atoms with van der Waals surface area (Å²) >= 11 is 6.48. The molecule has 0 unspecified atom stereocenters. The lowest BCUT2D eigenvalue weighted by molar-refractivity contribution is -0.0334. The van der Waals surface area contributed by atoms with Gasteiger partial charge >= 0.3 is 12.1 Å². The molecule has 0 aromatic heterocycles. The van der Waals surface area contributed by atoms with Gasteiger partial charge < -0.3 is 24.0 Å². The van der Waals surface area contributed by atoms with Crippen molar-refractivity contribution in [3.8, 4) is 0 Å². The summed E-state index contributed by atoms with van der Waals surface area (Å²) in [5.41, 5.74) is 2.51. The lowest BCUT2D eigenvalue weighted by Gasteiger charge is -2.40. The number of carbonyl (C=O) groups excluding carboxylic acids is 2. The molecule has 3 aliphatic rings. The van der Waals surface area contributed by atoms with Crippen molar-refractivity contribution in [3.63, 3.8) is 0 Å². The molecule has 176 valence electrons. The van der Waals surface area contributed by atoms with E-state index in [2.05, 4.69) is 0 Å². The number of fused-ring (bicyclic) bond motifs is 1. The van der Waals surface area contributed by atoms with Gasteiger partial charge in [0.1, 0.15) is 5.60 Å². The number of halogens is 1. The van der Waals surface area contributed by atoms with E-state index >= 15 is 0 Å². The van der Waals surface area contributed by atoms with Crippen LogP contribution in [0.4, 0.5) is 9.59 Å². The Labute approximate surface area is 194 Å². The van der Waals surface area contributed by atoms with Crippen LogP contribution in [0.2, 0.25) is 5.02 Å². The first-order chi connectivity index (χ1) is 15.2. The Morgan fingerprint density at radius 3 is 2.47 bits per heavy atom. The third-order valence-electron chi connectivity index (χ3n) is 6.01. The van der Waals surface area contributed by atoms with Crippen molar-refractivity contribution < 1.29 is 23.8 Å². The maximum atomic E-state index is 13.1. The molecule has 0 bridgehead atoms. The van der Waals surface area contributed by atoms with Crippen LogP contribution >= 0.6 is 11.6 Å². The molecule has 4 rings (SSSR count). The van der Waals surface area contributed by atoms with E-state index in [9.17, 15) is 9.59 Å². The number of amides is 3. The lowest BCUT2D eigenvalue weighted by atomic mass is 9.90. The van der Waals surface area contributed by atoms with Crippen molar-refractivity contribution in [2.75, 3.05) is 52.6 Å². The highest BCUT2D eigenvalue weighted by atomic mass is 35.5. The van der Waals surface area contributed by atoms with Crippen molar-refractivity contribution in [3.05, 3.63) is 33.8 Å². The first-order valence-corrected chi connectivity index (χ1v) is 11.6. The van der Waals surface area contributed by atoms with Gasteiger partial charge in [-0.25, -0.2) is 9.59 Å². The molecule has 1 atom stereocenters. The van der Waals surface area contributed by atoms with Crippen LogP contribution in [0, 0.1) is 0 Å². The molecule has 3 aliphatic heterocycles. The molecule has 2 saturated heterocycles. The van der Waals surface area contributed by atoms with Crippen molar-refractivity contribution in [2.45, 2.75) is 45.4 Å². The second-order valence-electron chi connectivity index (χ2n) is 9.45. The van der Waals surface area contributed by atoms with Gasteiger partial charge in [0.2, 0.25) is 0 Å². The molecule has 0 N–H and O–H groups in total. The third-order valence-corrected chi connectivity index (χ3v) is 6.23. The van der Waals surface area contributed by atoms with Gasteiger partial charge in [-0.3, -0.25) is 4.90 Å². The van der Waals surface area contributed by atoms with E-state index in [0.717, 1.165) is 23.1 Å². The summed E-state index contributed by atoms with van der Waals surface area (Å²) in [6.07, 6.45) is 0.357. The van der Waals surface area contributed by atoms with Crippen LogP contribution in [0.5, 0.6) is 0 Å². The van der Waals surface area contributed by atoms with Gasteiger partial charge in [-0.2, -0.15) is 0 Å². The van der Waals surface area contributed by atoms with Crippen molar-refractivity contribution in [2.24, 2.45) is 0 Å². The fraction of sp³-hybridized carbons (Fsp3) is 0.652. The predicted octanol–water partition coefficient (Wildman–Crippen LogP) is 3.46. The molecule has 1 aromatic rings.